The Morgan fingerprint density at radius 1 is 0.658 bits per heavy atom. The first kappa shape index (κ1) is 26.5. The molecule has 0 heterocycles. The zero-order chi connectivity index (χ0) is 26.8. The van der Waals surface area contributed by atoms with Gasteiger partial charge in [0.1, 0.15) is 11.3 Å². The molecule has 0 aromatic heterocycles. The van der Waals surface area contributed by atoms with Crippen LogP contribution in [0.1, 0.15) is 16.7 Å². The number of nitrogens with zero attached hydrogens (tertiary/aromatic N) is 2. The van der Waals surface area contributed by atoms with Crippen molar-refractivity contribution >= 4 is 17.1 Å². The molecule has 38 heavy (non-hydrogen) atoms. The molecule has 0 saturated heterocycles. The quantitative estimate of drug-likeness (QED) is 0.102. The average molecular weight is 514 g/mol. The molecule has 0 spiro atoms. The van der Waals surface area contributed by atoms with Crippen molar-refractivity contribution in [2.45, 2.75) is 5.60 Å². The molecule has 1 N–H and O–H groups in total. The van der Waals surface area contributed by atoms with Crippen LogP contribution < -0.4 is 5.32 Å². The van der Waals surface area contributed by atoms with Crippen LogP contribution in [0.25, 0.3) is 0 Å². The maximum atomic E-state index is 11.3. The topological polar surface area (TPSA) is 117 Å². The van der Waals surface area contributed by atoms with Crippen molar-refractivity contribution in [3.05, 3.63) is 146 Å². The van der Waals surface area contributed by atoms with Gasteiger partial charge >= 0.3 is 0 Å². The van der Waals surface area contributed by atoms with Crippen LogP contribution in [0, 0.1) is 20.2 Å². The predicted octanol–water partition coefficient (Wildman–Crippen LogP) is 5.94. The van der Waals surface area contributed by atoms with E-state index in [1.165, 1.54) is 12.1 Å². The highest BCUT2D eigenvalue weighted by Gasteiger charge is 2.37. The van der Waals surface area contributed by atoms with Crippen molar-refractivity contribution in [3.8, 4) is 0 Å². The van der Waals surface area contributed by atoms with Crippen molar-refractivity contribution < 1.29 is 19.3 Å². The van der Waals surface area contributed by atoms with Gasteiger partial charge in [0.05, 0.1) is 35.7 Å². The van der Waals surface area contributed by atoms with Crippen LogP contribution in [0.4, 0.5) is 17.1 Å². The number of rotatable bonds is 13. The molecule has 4 rings (SSSR count). The van der Waals surface area contributed by atoms with Crippen molar-refractivity contribution in [2.24, 2.45) is 0 Å². The molecule has 0 bridgehead atoms. The van der Waals surface area contributed by atoms with E-state index in [9.17, 15) is 20.2 Å². The number of anilines is 1. The van der Waals surface area contributed by atoms with Gasteiger partial charge in [-0.15, -0.1) is 0 Å². The van der Waals surface area contributed by atoms with E-state index in [0.717, 1.165) is 22.8 Å². The smallest absolute Gasteiger partial charge is 0.299 e. The maximum Gasteiger partial charge on any atom is 0.299 e. The zero-order valence-electron chi connectivity index (χ0n) is 20.6. The van der Waals surface area contributed by atoms with Crippen LogP contribution in [0.5, 0.6) is 0 Å². The predicted molar refractivity (Wildman–Crippen MR) is 144 cm³/mol. The van der Waals surface area contributed by atoms with Crippen LogP contribution in [0.15, 0.2) is 109 Å². The highest BCUT2D eigenvalue weighted by Crippen LogP contribution is 2.40. The molecule has 0 aliphatic rings. The number of non-ortho nitro benzene ring substituents is 1. The number of hydrogen-bond donors (Lipinski definition) is 1. The van der Waals surface area contributed by atoms with Gasteiger partial charge in [-0.2, -0.15) is 0 Å². The Balaban J connectivity index is 1.42. The Kier molecular flexibility index (Phi) is 8.76. The first-order valence-electron chi connectivity index (χ1n) is 12.1. The lowest BCUT2D eigenvalue weighted by Gasteiger charge is -2.36. The van der Waals surface area contributed by atoms with Crippen molar-refractivity contribution in [1.82, 2.24) is 0 Å². The van der Waals surface area contributed by atoms with E-state index in [2.05, 4.69) is 5.32 Å². The van der Waals surface area contributed by atoms with E-state index in [0.29, 0.717) is 0 Å². The number of ether oxygens (including phenoxy) is 2. The molecule has 0 fully saturated rings. The molecule has 194 valence electrons. The lowest BCUT2D eigenvalue weighted by Crippen LogP contribution is -2.34. The van der Waals surface area contributed by atoms with E-state index < -0.39 is 15.4 Å². The first-order valence-corrected chi connectivity index (χ1v) is 12.1. The minimum Gasteiger partial charge on any atom is -0.377 e. The van der Waals surface area contributed by atoms with Crippen LogP contribution in [-0.2, 0) is 15.1 Å². The fourth-order valence-electron chi connectivity index (χ4n) is 4.32. The van der Waals surface area contributed by atoms with Gasteiger partial charge in [0.2, 0.25) is 0 Å². The molecule has 0 amide bonds. The summed E-state index contributed by atoms with van der Waals surface area (Å²) in [6.07, 6.45) is 0. The highest BCUT2D eigenvalue weighted by atomic mass is 16.6. The Hall–Kier alpha value is -4.60. The van der Waals surface area contributed by atoms with Gasteiger partial charge in [-0.05, 0) is 22.8 Å². The molecule has 0 radical (unpaired) electrons. The monoisotopic (exact) mass is 513 g/mol. The summed E-state index contributed by atoms with van der Waals surface area (Å²) >= 11 is 0. The van der Waals surface area contributed by atoms with Crippen LogP contribution in [0.3, 0.4) is 0 Å². The number of benzene rings is 4. The molecule has 9 nitrogen and oxygen atoms in total. The van der Waals surface area contributed by atoms with Gasteiger partial charge in [0, 0.05) is 12.6 Å². The maximum absolute atomic E-state index is 11.3. The molecule has 9 heteroatoms. The van der Waals surface area contributed by atoms with Gasteiger partial charge in [-0.1, -0.05) is 91.0 Å². The second-order valence-corrected chi connectivity index (χ2v) is 8.38. The summed E-state index contributed by atoms with van der Waals surface area (Å²) in [7, 11) is 0. The summed E-state index contributed by atoms with van der Waals surface area (Å²) in [5.74, 6) is 0. The number of nitro groups is 2. The number of nitro benzene ring substituents is 2. The Morgan fingerprint density at radius 2 is 1.18 bits per heavy atom. The SMILES string of the molecule is O=[N+]([O-])c1ccc(NCCOCCOC(c2ccccc2)(c2ccccc2)c2ccccc2)c([N+](=O)[O-])c1. The third-order valence-corrected chi connectivity index (χ3v) is 6.04. The van der Waals surface area contributed by atoms with Gasteiger partial charge in [-0.3, -0.25) is 20.2 Å². The van der Waals surface area contributed by atoms with E-state index in [4.69, 9.17) is 9.47 Å². The van der Waals surface area contributed by atoms with E-state index in [1.54, 1.807) is 0 Å². The third-order valence-electron chi connectivity index (χ3n) is 6.04. The molecule has 0 unspecified atom stereocenters. The van der Waals surface area contributed by atoms with Crippen molar-refractivity contribution in [2.75, 3.05) is 31.7 Å². The van der Waals surface area contributed by atoms with Crippen LogP contribution in [0.2, 0.25) is 0 Å². The molecule has 0 aliphatic carbocycles. The molecule has 0 aliphatic heterocycles. The summed E-state index contributed by atoms with van der Waals surface area (Å²) < 4.78 is 12.4. The Labute approximate surface area is 220 Å². The summed E-state index contributed by atoms with van der Waals surface area (Å²) in [6, 6.07) is 33.6. The fourth-order valence-corrected chi connectivity index (χ4v) is 4.32. The summed E-state index contributed by atoms with van der Waals surface area (Å²) in [5.41, 5.74) is 1.62. The summed E-state index contributed by atoms with van der Waals surface area (Å²) in [5, 5.41) is 25.1. The van der Waals surface area contributed by atoms with Crippen LogP contribution in [-0.4, -0.2) is 36.2 Å². The number of hydrogen-bond acceptors (Lipinski definition) is 7. The zero-order valence-corrected chi connectivity index (χ0v) is 20.6. The lowest BCUT2D eigenvalue weighted by molar-refractivity contribution is -0.393. The molecule has 4 aromatic rings. The highest BCUT2D eigenvalue weighted by molar-refractivity contribution is 5.65. The minimum atomic E-state index is -0.843. The molecule has 4 aromatic carbocycles. The van der Waals surface area contributed by atoms with Gasteiger partial charge in [0.25, 0.3) is 11.4 Å². The standard InChI is InChI=1S/C29H27N3O6/c33-31(34)26-16-17-27(28(22-26)32(35)36)30-18-19-37-20-21-38-29(23-10-4-1-5-11-23,24-12-6-2-7-13-24)25-14-8-3-9-15-25/h1-17,22,30H,18-21H2. The summed E-state index contributed by atoms with van der Waals surface area (Å²) in [6.45, 7) is 1.11. The van der Waals surface area contributed by atoms with E-state index >= 15 is 0 Å². The van der Waals surface area contributed by atoms with Gasteiger partial charge < -0.3 is 14.8 Å². The third kappa shape index (κ3) is 6.03. The molecular formula is C29H27N3O6. The number of nitrogens with one attached hydrogen (secondary N) is 1. The Morgan fingerprint density at radius 3 is 1.66 bits per heavy atom. The minimum absolute atomic E-state index is 0.191. The Bertz CT molecular complexity index is 1250. The lowest BCUT2D eigenvalue weighted by atomic mass is 9.80. The second kappa shape index (κ2) is 12.6. The van der Waals surface area contributed by atoms with Gasteiger partial charge in [-0.25, -0.2) is 0 Å². The molecule has 0 saturated carbocycles. The average Bonchev–Trinajstić information content (AvgIpc) is 2.96. The van der Waals surface area contributed by atoms with Crippen LogP contribution >= 0.6 is 0 Å². The van der Waals surface area contributed by atoms with E-state index in [-0.39, 0.29) is 43.4 Å². The van der Waals surface area contributed by atoms with Gasteiger partial charge in [0.15, 0.2) is 0 Å². The first-order chi connectivity index (χ1) is 18.5. The van der Waals surface area contributed by atoms with Crippen molar-refractivity contribution in [3.63, 3.8) is 0 Å². The second-order valence-electron chi connectivity index (χ2n) is 8.38. The van der Waals surface area contributed by atoms with Crippen molar-refractivity contribution in [1.29, 1.82) is 0 Å². The molecular weight excluding hydrogens is 486 g/mol. The normalized spacial score (nSPS) is 11.2. The largest absolute Gasteiger partial charge is 0.377 e. The van der Waals surface area contributed by atoms with E-state index in [1.807, 2.05) is 91.0 Å². The summed E-state index contributed by atoms with van der Waals surface area (Å²) in [4.78, 5) is 20.9. The molecule has 0 atom stereocenters. The fraction of sp³-hybridized carbons (Fsp3) is 0.172.